The van der Waals surface area contributed by atoms with E-state index in [4.69, 9.17) is 16.9 Å². The molecule has 2 rings (SSSR count). The van der Waals surface area contributed by atoms with E-state index in [9.17, 15) is 28.8 Å². The fourth-order valence-electron chi connectivity index (χ4n) is 4.34. The van der Waals surface area contributed by atoms with E-state index in [-0.39, 0.29) is 45.2 Å². The lowest BCUT2D eigenvalue weighted by Gasteiger charge is -2.24. The molecule has 1 fully saturated rings. The van der Waals surface area contributed by atoms with E-state index in [1.807, 2.05) is 6.07 Å². The Bertz CT molecular complexity index is 1230. The van der Waals surface area contributed by atoms with Gasteiger partial charge in [-0.15, -0.1) is 12.3 Å². The zero-order chi connectivity index (χ0) is 33.4. The molecular weight excluding hydrogens is 582 g/mol. The van der Waals surface area contributed by atoms with Gasteiger partial charge < -0.3 is 42.4 Å². The first kappa shape index (κ1) is 36.6. The Kier molecular flexibility index (Phi) is 14.8. The van der Waals surface area contributed by atoms with Crippen LogP contribution in [0.3, 0.4) is 0 Å². The third-order valence-corrected chi connectivity index (χ3v) is 6.57. The predicted octanol–water partition coefficient (Wildman–Crippen LogP) is -0.287. The number of ether oxygens (including phenoxy) is 1. The molecular formula is C31H45N7O7. The van der Waals surface area contributed by atoms with Crippen LogP contribution in [0.5, 0.6) is 0 Å². The van der Waals surface area contributed by atoms with Gasteiger partial charge in [-0.25, -0.2) is 4.79 Å². The van der Waals surface area contributed by atoms with Crippen LogP contribution >= 0.6 is 0 Å². The van der Waals surface area contributed by atoms with Gasteiger partial charge in [-0.2, -0.15) is 0 Å². The van der Waals surface area contributed by atoms with Gasteiger partial charge in [-0.3, -0.25) is 24.0 Å². The number of amides is 6. The van der Waals surface area contributed by atoms with Crippen LogP contribution in [0.4, 0.5) is 4.79 Å². The number of rotatable bonds is 8. The van der Waals surface area contributed by atoms with Crippen molar-refractivity contribution < 1.29 is 33.5 Å². The normalized spacial score (nSPS) is 22.3. The molecule has 4 atom stereocenters. The van der Waals surface area contributed by atoms with Crippen molar-refractivity contribution in [2.24, 2.45) is 5.73 Å². The van der Waals surface area contributed by atoms with Crippen LogP contribution in [0, 0.1) is 12.3 Å². The van der Waals surface area contributed by atoms with Crippen molar-refractivity contribution in [3.63, 3.8) is 0 Å². The van der Waals surface area contributed by atoms with Gasteiger partial charge in [-0.05, 0) is 52.0 Å². The highest BCUT2D eigenvalue weighted by molar-refractivity contribution is 5.95. The Labute approximate surface area is 263 Å². The molecule has 14 heteroatoms. The fraction of sp³-hybridized carbons (Fsp3) is 0.548. The highest BCUT2D eigenvalue weighted by Gasteiger charge is 2.30. The second-order valence-electron chi connectivity index (χ2n) is 11.6. The van der Waals surface area contributed by atoms with E-state index in [1.165, 1.54) is 0 Å². The first-order valence-electron chi connectivity index (χ1n) is 15.0. The number of hydrogen-bond acceptors (Lipinski definition) is 8. The minimum Gasteiger partial charge on any atom is -0.444 e. The summed E-state index contributed by atoms with van der Waals surface area (Å²) in [5.74, 6) is -0.888. The Balaban J connectivity index is 2.14. The average molecular weight is 628 g/mol. The maximum absolute atomic E-state index is 13.2. The van der Waals surface area contributed by atoms with Crippen molar-refractivity contribution >= 4 is 35.6 Å². The summed E-state index contributed by atoms with van der Waals surface area (Å²) in [4.78, 5) is 76.8. The molecule has 246 valence electrons. The minimum absolute atomic E-state index is 0.00531. The summed E-state index contributed by atoms with van der Waals surface area (Å²) in [5, 5.41) is 15.5. The molecule has 0 bridgehead atoms. The predicted molar refractivity (Wildman–Crippen MR) is 166 cm³/mol. The number of benzene rings is 1. The molecule has 0 aliphatic carbocycles. The van der Waals surface area contributed by atoms with Crippen LogP contribution in [-0.4, -0.2) is 78.6 Å². The number of carbonyl (C=O) groups is 6. The molecule has 8 N–H and O–H groups in total. The molecule has 1 heterocycles. The molecule has 1 aromatic carbocycles. The first-order valence-corrected chi connectivity index (χ1v) is 15.0. The van der Waals surface area contributed by atoms with Crippen molar-refractivity contribution in [1.82, 2.24) is 31.9 Å². The van der Waals surface area contributed by atoms with Crippen molar-refractivity contribution in [2.45, 2.75) is 95.6 Å². The lowest BCUT2D eigenvalue weighted by molar-refractivity contribution is -0.134. The molecule has 45 heavy (non-hydrogen) atoms. The molecule has 0 spiro atoms. The van der Waals surface area contributed by atoms with Crippen LogP contribution in [0.1, 0.15) is 64.9 Å². The second kappa shape index (κ2) is 18.2. The summed E-state index contributed by atoms with van der Waals surface area (Å²) < 4.78 is 5.19. The van der Waals surface area contributed by atoms with Crippen molar-refractivity contribution in [3.8, 4) is 12.3 Å². The summed E-state index contributed by atoms with van der Waals surface area (Å²) in [6, 6.07) is 5.73. The fourth-order valence-corrected chi connectivity index (χ4v) is 4.34. The standard InChI is InChI=1S/C31H45N7O7/c1-5-12-21-27(41)38-25(32)29(43)37-22(15-9-10-17-34-30(44)45-31(2,3)4)26(40)33-18-11-16-24(39)35-23(28(42)36-21)19-20-13-7-6-8-14-20/h1,6-8,13-14,21-23,25H,9-12,15-19,32H2,2-4H3,(H,33,40)(H,34,44)(H,35,39)(H,36,42)(H,37,43)(H,38,41)/t21-,22-,23-,25+/m0/s1. The summed E-state index contributed by atoms with van der Waals surface area (Å²) in [6.07, 6.45) is 4.64. The number of nitrogens with two attached hydrogens (primary N) is 1. The quantitative estimate of drug-likeness (QED) is 0.150. The molecule has 1 aliphatic heterocycles. The number of terminal acetylenes is 1. The van der Waals surface area contributed by atoms with E-state index >= 15 is 0 Å². The summed E-state index contributed by atoms with van der Waals surface area (Å²) in [5.41, 5.74) is 6.09. The SMILES string of the molecule is C#CC[C@@H]1NC(=O)[C@H](Cc2ccccc2)NC(=O)CCCNC(=O)[C@H](CCCCNC(=O)OC(C)(C)C)NC(=O)[C@H](N)NC1=O. The van der Waals surface area contributed by atoms with Crippen LogP contribution in [0.2, 0.25) is 0 Å². The Hall–Kier alpha value is -4.64. The number of alkyl carbamates (subject to hydrolysis) is 1. The summed E-state index contributed by atoms with van der Waals surface area (Å²) in [7, 11) is 0. The molecule has 0 aromatic heterocycles. The number of carbonyl (C=O) groups excluding carboxylic acids is 6. The lowest BCUT2D eigenvalue weighted by Crippen LogP contribution is -2.60. The van der Waals surface area contributed by atoms with Crippen LogP contribution in [-0.2, 0) is 35.1 Å². The van der Waals surface area contributed by atoms with E-state index in [0.717, 1.165) is 5.56 Å². The number of hydrogen-bond donors (Lipinski definition) is 7. The highest BCUT2D eigenvalue weighted by atomic mass is 16.6. The summed E-state index contributed by atoms with van der Waals surface area (Å²) >= 11 is 0. The lowest BCUT2D eigenvalue weighted by atomic mass is 10.0. The number of unbranched alkanes of at least 4 members (excludes halogenated alkanes) is 1. The maximum Gasteiger partial charge on any atom is 0.407 e. The van der Waals surface area contributed by atoms with Gasteiger partial charge in [0.25, 0.3) is 5.91 Å². The van der Waals surface area contributed by atoms with Crippen LogP contribution < -0.4 is 37.6 Å². The summed E-state index contributed by atoms with van der Waals surface area (Å²) in [6.45, 7) is 5.66. The molecule has 1 saturated heterocycles. The maximum atomic E-state index is 13.2. The zero-order valence-corrected chi connectivity index (χ0v) is 26.1. The third-order valence-electron chi connectivity index (χ3n) is 6.57. The number of nitrogens with one attached hydrogen (secondary N) is 6. The van der Waals surface area contributed by atoms with Gasteiger partial charge >= 0.3 is 6.09 Å². The Morgan fingerprint density at radius 2 is 1.60 bits per heavy atom. The monoisotopic (exact) mass is 627 g/mol. The molecule has 1 aliphatic rings. The van der Waals surface area contributed by atoms with Crippen molar-refractivity contribution in [3.05, 3.63) is 35.9 Å². The molecule has 0 unspecified atom stereocenters. The Morgan fingerprint density at radius 1 is 0.933 bits per heavy atom. The first-order chi connectivity index (χ1) is 21.3. The largest absolute Gasteiger partial charge is 0.444 e. The third kappa shape index (κ3) is 14.1. The molecule has 0 radical (unpaired) electrons. The molecule has 1 aromatic rings. The van der Waals surface area contributed by atoms with E-state index in [1.54, 1.807) is 45.0 Å². The van der Waals surface area contributed by atoms with E-state index in [0.29, 0.717) is 12.8 Å². The molecule has 6 amide bonds. The average Bonchev–Trinajstić information content (AvgIpc) is 2.96. The smallest absolute Gasteiger partial charge is 0.407 e. The van der Waals surface area contributed by atoms with Gasteiger partial charge in [0.05, 0.1) is 0 Å². The van der Waals surface area contributed by atoms with Gasteiger partial charge in [0, 0.05) is 32.4 Å². The second-order valence-corrected chi connectivity index (χ2v) is 11.6. The minimum atomic E-state index is -1.56. The zero-order valence-electron chi connectivity index (χ0n) is 26.1. The van der Waals surface area contributed by atoms with E-state index in [2.05, 4.69) is 37.8 Å². The van der Waals surface area contributed by atoms with Crippen molar-refractivity contribution in [2.75, 3.05) is 13.1 Å². The molecule has 0 saturated carbocycles. The Morgan fingerprint density at radius 3 is 2.27 bits per heavy atom. The molecule has 14 nitrogen and oxygen atoms in total. The van der Waals surface area contributed by atoms with Gasteiger partial charge in [0.2, 0.25) is 23.6 Å². The van der Waals surface area contributed by atoms with Gasteiger partial charge in [-0.1, -0.05) is 30.3 Å². The van der Waals surface area contributed by atoms with Crippen LogP contribution in [0.15, 0.2) is 30.3 Å². The topological polar surface area (TPSA) is 210 Å². The van der Waals surface area contributed by atoms with Gasteiger partial charge in [0.1, 0.15) is 23.7 Å². The van der Waals surface area contributed by atoms with Crippen LogP contribution in [0.25, 0.3) is 0 Å². The van der Waals surface area contributed by atoms with Crippen molar-refractivity contribution in [1.29, 1.82) is 0 Å². The highest BCUT2D eigenvalue weighted by Crippen LogP contribution is 2.08. The van der Waals surface area contributed by atoms with Gasteiger partial charge in [0.15, 0.2) is 6.17 Å². The van der Waals surface area contributed by atoms with E-state index < -0.39 is 65.5 Å².